The van der Waals surface area contributed by atoms with E-state index in [4.69, 9.17) is 19.4 Å². The van der Waals surface area contributed by atoms with Crippen molar-refractivity contribution in [2.24, 2.45) is 0 Å². The summed E-state index contributed by atoms with van der Waals surface area (Å²) in [5, 5.41) is 14.9. The minimum Gasteiger partial charge on any atom is -0.472 e. The number of methoxy groups -OCH3 is 1. The molecule has 0 unspecified atom stereocenters. The molecule has 0 saturated carbocycles. The van der Waals surface area contributed by atoms with Gasteiger partial charge in [-0.05, 0) is 53.8 Å². The molecule has 208 valence electrons. The molecule has 9 nitrogen and oxygen atoms in total. The van der Waals surface area contributed by atoms with Crippen molar-refractivity contribution >= 4 is 5.97 Å². The third kappa shape index (κ3) is 6.46. The Kier molecular flexibility index (Phi) is 8.73. The molecule has 0 fully saturated rings. The lowest BCUT2D eigenvalue weighted by Crippen LogP contribution is -2.11. The van der Waals surface area contributed by atoms with E-state index < -0.39 is 5.97 Å². The van der Waals surface area contributed by atoms with E-state index in [1.807, 2.05) is 37.3 Å². The van der Waals surface area contributed by atoms with Gasteiger partial charge in [-0.3, -0.25) is 0 Å². The minimum absolute atomic E-state index is 0.170. The molecule has 1 N–H and O–H groups in total. The predicted molar refractivity (Wildman–Crippen MR) is 155 cm³/mol. The fraction of sp³-hybridized carbons (Fsp3) is 0.250. The second-order valence-electron chi connectivity index (χ2n) is 9.70. The zero-order chi connectivity index (χ0) is 28.6. The van der Waals surface area contributed by atoms with E-state index in [0.29, 0.717) is 29.5 Å². The van der Waals surface area contributed by atoms with Crippen LogP contribution in [0.5, 0.6) is 5.88 Å². The molecule has 0 bridgehead atoms. The van der Waals surface area contributed by atoms with Crippen molar-refractivity contribution in [2.45, 2.75) is 46.1 Å². The molecular formula is C32H32N6O3. The Morgan fingerprint density at radius 1 is 0.951 bits per heavy atom. The Morgan fingerprint density at radius 2 is 1.76 bits per heavy atom. The number of aryl methyl sites for hydroxylation is 2. The topological polar surface area (TPSA) is 116 Å². The minimum atomic E-state index is -0.403. The lowest BCUT2D eigenvalue weighted by atomic mass is 9.94. The normalized spacial score (nSPS) is 10.9. The van der Waals surface area contributed by atoms with Crippen molar-refractivity contribution in [3.8, 4) is 28.4 Å². The van der Waals surface area contributed by atoms with Crippen LogP contribution in [0.15, 0.2) is 72.8 Å². The number of H-pyrrole nitrogens is 1. The van der Waals surface area contributed by atoms with Gasteiger partial charge in [0.05, 0.1) is 18.4 Å². The molecule has 41 heavy (non-hydrogen) atoms. The Bertz CT molecular complexity index is 1620. The van der Waals surface area contributed by atoms with Crippen molar-refractivity contribution in [2.75, 3.05) is 7.11 Å². The highest BCUT2D eigenvalue weighted by atomic mass is 16.5. The number of aromatic nitrogens is 6. The van der Waals surface area contributed by atoms with Gasteiger partial charge < -0.3 is 9.47 Å². The molecule has 5 rings (SSSR count). The van der Waals surface area contributed by atoms with Crippen LogP contribution in [0.2, 0.25) is 0 Å². The third-order valence-electron chi connectivity index (χ3n) is 6.86. The van der Waals surface area contributed by atoms with Crippen LogP contribution < -0.4 is 4.74 Å². The van der Waals surface area contributed by atoms with E-state index in [1.54, 1.807) is 12.1 Å². The van der Waals surface area contributed by atoms with Gasteiger partial charge in [-0.25, -0.2) is 9.78 Å². The van der Waals surface area contributed by atoms with Gasteiger partial charge in [0.1, 0.15) is 12.4 Å². The Morgan fingerprint density at radius 3 is 2.51 bits per heavy atom. The zero-order valence-corrected chi connectivity index (χ0v) is 23.4. The summed E-state index contributed by atoms with van der Waals surface area (Å²) in [5.74, 6) is 1.27. The van der Waals surface area contributed by atoms with Gasteiger partial charge in [0.15, 0.2) is 0 Å². The fourth-order valence-corrected chi connectivity index (χ4v) is 4.81. The first-order valence-corrected chi connectivity index (χ1v) is 13.6. The van der Waals surface area contributed by atoms with Gasteiger partial charge in [-0.15, -0.1) is 10.2 Å². The molecule has 0 aliphatic heterocycles. The molecule has 9 heteroatoms. The number of rotatable bonds is 11. The Hall–Kier alpha value is -4.92. The maximum absolute atomic E-state index is 12.3. The average Bonchev–Trinajstić information content (AvgIpc) is 3.55. The van der Waals surface area contributed by atoms with Crippen molar-refractivity contribution < 1.29 is 14.3 Å². The molecular weight excluding hydrogens is 516 g/mol. The van der Waals surface area contributed by atoms with Crippen LogP contribution in [-0.2, 0) is 24.2 Å². The fourth-order valence-electron chi connectivity index (χ4n) is 4.81. The molecule has 2 heterocycles. The lowest BCUT2D eigenvalue weighted by Gasteiger charge is -2.17. The number of hydrogen-bond donors (Lipinski definition) is 1. The largest absolute Gasteiger partial charge is 0.472 e. The van der Waals surface area contributed by atoms with E-state index in [2.05, 4.69) is 57.9 Å². The molecule has 0 atom stereocenters. The second-order valence-corrected chi connectivity index (χ2v) is 9.70. The summed E-state index contributed by atoms with van der Waals surface area (Å²) in [4.78, 5) is 21.8. The highest BCUT2D eigenvalue weighted by molar-refractivity contribution is 5.90. The predicted octanol–water partition coefficient (Wildman–Crippen LogP) is 5.93. The van der Waals surface area contributed by atoms with Crippen LogP contribution in [0.1, 0.15) is 58.3 Å². The molecule has 2 aromatic heterocycles. The Balaban J connectivity index is 1.53. The summed E-state index contributed by atoms with van der Waals surface area (Å²) in [5.41, 5.74) is 7.06. The van der Waals surface area contributed by atoms with Crippen LogP contribution >= 0.6 is 0 Å². The van der Waals surface area contributed by atoms with E-state index in [1.165, 1.54) is 7.11 Å². The number of tetrazole rings is 1. The zero-order valence-electron chi connectivity index (χ0n) is 23.4. The summed E-state index contributed by atoms with van der Waals surface area (Å²) in [6, 6.07) is 23.7. The van der Waals surface area contributed by atoms with Crippen LogP contribution in [0, 0.1) is 6.92 Å². The smallest absolute Gasteiger partial charge is 0.338 e. The number of esters is 1. The third-order valence-corrected chi connectivity index (χ3v) is 6.86. The van der Waals surface area contributed by atoms with E-state index in [-0.39, 0.29) is 6.61 Å². The highest BCUT2D eigenvalue weighted by Gasteiger charge is 2.19. The van der Waals surface area contributed by atoms with Gasteiger partial charge >= 0.3 is 5.97 Å². The number of carbonyl (C=O) groups excluding carboxylic acids is 1. The highest BCUT2D eigenvalue weighted by Crippen LogP contribution is 2.33. The van der Waals surface area contributed by atoms with Gasteiger partial charge in [0.25, 0.3) is 0 Å². The number of unbranched alkanes of at least 4 members (excludes halogenated alkanes) is 1. The van der Waals surface area contributed by atoms with Crippen molar-refractivity contribution in [3.63, 3.8) is 0 Å². The molecule has 0 aliphatic carbocycles. The van der Waals surface area contributed by atoms with E-state index in [0.717, 1.165) is 58.3 Å². The molecule has 0 amide bonds. The van der Waals surface area contributed by atoms with Gasteiger partial charge in [0, 0.05) is 23.1 Å². The van der Waals surface area contributed by atoms with Crippen LogP contribution in [0.25, 0.3) is 22.5 Å². The molecule has 0 saturated heterocycles. The average molecular weight is 549 g/mol. The first-order chi connectivity index (χ1) is 20.1. The first kappa shape index (κ1) is 27.6. The molecule has 5 aromatic rings. The SMILES string of the molecule is CCCCc1nc(C)nc(OCc2ccccc2C(=O)OC)c1Cc1ccc(-c2ccccc2)c(-c2nn[nH]n2)c1. The van der Waals surface area contributed by atoms with E-state index >= 15 is 0 Å². The second kappa shape index (κ2) is 13.0. The Labute approximate surface area is 239 Å². The first-order valence-electron chi connectivity index (χ1n) is 13.6. The number of ether oxygens (including phenoxy) is 2. The molecule has 0 radical (unpaired) electrons. The molecule has 0 spiro atoms. The number of aromatic amines is 1. The maximum Gasteiger partial charge on any atom is 0.338 e. The number of hydrogen-bond acceptors (Lipinski definition) is 8. The summed E-state index contributed by atoms with van der Waals surface area (Å²) in [6.45, 7) is 4.20. The summed E-state index contributed by atoms with van der Waals surface area (Å²) >= 11 is 0. The van der Waals surface area contributed by atoms with Crippen molar-refractivity contribution in [3.05, 3.63) is 107 Å². The summed E-state index contributed by atoms with van der Waals surface area (Å²) in [7, 11) is 1.37. The summed E-state index contributed by atoms with van der Waals surface area (Å²) in [6.07, 6.45) is 3.39. The van der Waals surface area contributed by atoms with Gasteiger partial charge in [-0.1, -0.05) is 74.0 Å². The number of nitrogens with zero attached hydrogens (tertiary/aromatic N) is 5. The number of benzene rings is 3. The van der Waals surface area contributed by atoms with Crippen molar-refractivity contribution in [1.82, 2.24) is 30.6 Å². The van der Waals surface area contributed by atoms with Crippen LogP contribution in [0.4, 0.5) is 0 Å². The molecule has 3 aromatic carbocycles. The monoisotopic (exact) mass is 548 g/mol. The lowest BCUT2D eigenvalue weighted by molar-refractivity contribution is 0.0597. The van der Waals surface area contributed by atoms with Gasteiger partial charge in [0.2, 0.25) is 11.7 Å². The van der Waals surface area contributed by atoms with Crippen LogP contribution in [0.3, 0.4) is 0 Å². The van der Waals surface area contributed by atoms with Gasteiger partial charge in [-0.2, -0.15) is 10.2 Å². The number of nitrogens with one attached hydrogen (secondary N) is 1. The quantitative estimate of drug-likeness (QED) is 0.202. The standard InChI is InChI=1S/C32H32N6O3/c1-4-5-15-29-28(31(34-21(2)33-29)41-20-24-13-9-10-14-26(24)32(39)40-3)19-22-16-17-25(23-11-7-6-8-12-23)27(18-22)30-35-37-38-36-30/h6-14,16-18H,4-5,15,19-20H2,1-3H3,(H,35,36,37,38). The molecule has 0 aliphatic rings. The van der Waals surface area contributed by atoms with Crippen LogP contribution in [-0.4, -0.2) is 43.7 Å². The van der Waals surface area contributed by atoms with Crippen molar-refractivity contribution in [1.29, 1.82) is 0 Å². The van der Waals surface area contributed by atoms with E-state index in [9.17, 15) is 4.79 Å². The number of carbonyl (C=O) groups is 1. The summed E-state index contributed by atoms with van der Waals surface area (Å²) < 4.78 is 11.3. The maximum atomic E-state index is 12.3.